The first-order chi connectivity index (χ1) is 6.77. The van der Waals surface area contributed by atoms with Crippen molar-refractivity contribution in [1.29, 1.82) is 0 Å². The van der Waals surface area contributed by atoms with Crippen LogP contribution in [-0.2, 0) is 0 Å². The van der Waals surface area contributed by atoms with E-state index in [1.165, 1.54) is 0 Å². The van der Waals surface area contributed by atoms with Crippen LogP contribution in [0.4, 0.5) is 5.82 Å². The molecule has 0 amide bonds. The SMILES string of the molecule is Cc1ccc(C)n1Nc1cnccn1. The van der Waals surface area contributed by atoms with Gasteiger partial charge in [-0.05, 0) is 26.0 Å². The molecule has 14 heavy (non-hydrogen) atoms. The van der Waals surface area contributed by atoms with Gasteiger partial charge in [0.15, 0.2) is 5.82 Å². The summed E-state index contributed by atoms with van der Waals surface area (Å²) in [6, 6.07) is 4.11. The van der Waals surface area contributed by atoms with E-state index in [9.17, 15) is 0 Å². The van der Waals surface area contributed by atoms with E-state index >= 15 is 0 Å². The van der Waals surface area contributed by atoms with Gasteiger partial charge in [-0.2, -0.15) is 0 Å². The molecule has 0 aromatic carbocycles. The molecule has 0 bridgehead atoms. The molecule has 2 heterocycles. The van der Waals surface area contributed by atoms with Gasteiger partial charge >= 0.3 is 0 Å². The molecule has 72 valence electrons. The number of rotatable bonds is 2. The molecule has 4 nitrogen and oxygen atoms in total. The summed E-state index contributed by atoms with van der Waals surface area (Å²) < 4.78 is 1.98. The normalized spacial score (nSPS) is 10.1. The molecule has 0 aliphatic rings. The number of hydrogen-bond acceptors (Lipinski definition) is 3. The van der Waals surface area contributed by atoms with Crippen LogP contribution >= 0.6 is 0 Å². The zero-order chi connectivity index (χ0) is 9.97. The van der Waals surface area contributed by atoms with Crippen LogP contribution in [0.3, 0.4) is 0 Å². The zero-order valence-corrected chi connectivity index (χ0v) is 8.23. The maximum atomic E-state index is 4.14. The topological polar surface area (TPSA) is 42.7 Å². The predicted molar refractivity (Wildman–Crippen MR) is 55.0 cm³/mol. The van der Waals surface area contributed by atoms with Gasteiger partial charge in [-0.25, -0.2) is 4.98 Å². The lowest BCUT2D eigenvalue weighted by molar-refractivity contribution is 0.867. The van der Waals surface area contributed by atoms with E-state index in [0.717, 1.165) is 17.2 Å². The number of aromatic nitrogens is 3. The highest BCUT2D eigenvalue weighted by Gasteiger charge is 2.00. The lowest BCUT2D eigenvalue weighted by Gasteiger charge is -2.10. The van der Waals surface area contributed by atoms with Crippen molar-refractivity contribution in [3.8, 4) is 0 Å². The van der Waals surface area contributed by atoms with E-state index in [-0.39, 0.29) is 0 Å². The highest BCUT2D eigenvalue weighted by atomic mass is 15.4. The summed E-state index contributed by atoms with van der Waals surface area (Å²) in [4.78, 5) is 8.13. The van der Waals surface area contributed by atoms with Gasteiger partial charge in [0.1, 0.15) is 0 Å². The fourth-order valence-electron chi connectivity index (χ4n) is 1.32. The maximum absolute atomic E-state index is 4.14. The lowest BCUT2D eigenvalue weighted by Crippen LogP contribution is -2.13. The maximum Gasteiger partial charge on any atom is 0.163 e. The second kappa shape index (κ2) is 3.49. The standard InChI is InChI=1S/C10H12N4/c1-8-3-4-9(2)14(8)13-10-7-11-5-6-12-10/h3-7H,1-2H3,(H,12,13). The Balaban J connectivity index is 2.27. The van der Waals surface area contributed by atoms with Crippen molar-refractivity contribution in [1.82, 2.24) is 14.6 Å². The van der Waals surface area contributed by atoms with E-state index in [2.05, 4.69) is 27.5 Å². The molecule has 0 aliphatic carbocycles. The lowest BCUT2D eigenvalue weighted by atomic mass is 10.5. The highest BCUT2D eigenvalue weighted by molar-refractivity contribution is 5.32. The van der Waals surface area contributed by atoms with Gasteiger partial charge in [-0.3, -0.25) is 15.1 Å². The Kier molecular flexibility index (Phi) is 2.18. The van der Waals surface area contributed by atoms with E-state index in [1.807, 2.05) is 18.5 Å². The van der Waals surface area contributed by atoms with Crippen LogP contribution in [0.15, 0.2) is 30.7 Å². The van der Waals surface area contributed by atoms with E-state index in [1.54, 1.807) is 18.6 Å². The molecule has 2 aromatic rings. The van der Waals surface area contributed by atoms with E-state index in [0.29, 0.717) is 0 Å². The Hall–Kier alpha value is -1.84. The zero-order valence-electron chi connectivity index (χ0n) is 8.23. The summed E-state index contributed by atoms with van der Waals surface area (Å²) in [5.41, 5.74) is 5.46. The monoisotopic (exact) mass is 188 g/mol. The first-order valence-corrected chi connectivity index (χ1v) is 4.45. The molecule has 2 rings (SSSR count). The second-order valence-corrected chi connectivity index (χ2v) is 3.15. The third-order valence-electron chi connectivity index (χ3n) is 2.06. The molecule has 4 heteroatoms. The van der Waals surface area contributed by atoms with Gasteiger partial charge in [0.2, 0.25) is 0 Å². The number of anilines is 1. The fourth-order valence-corrected chi connectivity index (χ4v) is 1.32. The molecule has 0 atom stereocenters. The molecule has 0 spiro atoms. The minimum Gasteiger partial charge on any atom is -0.276 e. The molecule has 0 radical (unpaired) electrons. The minimum atomic E-state index is 0.745. The van der Waals surface area contributed by atoms with Gasteiger partial charge in [0, 0.05) is 23.8 Å². The van der Waals surface area contributed by atoms with Crippen LogP contribution in [-0.4, -0.2) is 14.6 Å². The third kappa shape index (κ3) is 1.59. The molecule has 0 saturated heterocycles. The van der Waals surface area contributed by atoms with Crippen LogP contribution in [0.25, 0.3) is 0 Å². The Morgan fingerprint density at radius 2 is 1.86 bits per heavy atom. The Labute approximate surface area is 82.6 Å². The van der Waals surface area contributed by atoms with Crippen molar-refractivity contribution in [2.45, 2.75) is 13.8 Å². The van der Waals surface area contributed by atoms with Gasteiger partial charge in [-0.15, -0.1) is 0 Å². The first kappa shape index (κ1) is 8.74. The van der Waals surface area contributed by atoms with E-state index < -0.39 is 0 Å². The summed E-state index contributed by atoms with van der Waals surface area (Å²) in [6.07, 6.45) is 5.01. The first-order valence-electron chi connectivity index (χ1n) is 4.45. The third-order valence-corrected chi connectivity index (χ3v) is 2.06. The minimum absolute atomic E-state index is 0.745. The number of nitrogens with one attached hydrogen (secondary N) is 1. The van der Waals surface area contributed by atoms with Crippen LogP contribution < -0.4 is 5.43 Å². The average molecular weight is 188 g/mol. The van der Waals surface area contributed by atoms with Gasteiger partial charge < -0.3 is 0 Å². The van der Waals surface area contributed by atoms with Crippen LogP contribution in [0.2, 0.25) is 0 Å². The largest absolute Gasteiger partial charge is 0.276 e. The second-order valence-electron chi connectivity index (χ2n) is 3.15. The highest BCUT2D eigenvalue weighted by Crippen LogP contribution is 2.07. The van der Waals surface area contributed by atoms with Gasteiger partial charge in [0.05, 0.1) is 6.20 Å². The van der Waals surface area contributed by atoms with Crippen molar-refractivity contribution in [3.05, 3.63) is 42.1 Å². The molecule has 2 aromatic heterocycles. The molecule has 0 saturated carbocycles. The summed E-state index contributed by atoms with van der Waals surface area (Å²) in [5, 5.41) is 0. The number of hydrogen-bond donors (Lipinski definition) is 1. The summed E-state index contributed by atoms with van der Waals surface area (Å²) in [7, 11) is 0. The van der Waals surface area contributed by atoms with Crippen molar-refractivity contribution >= 4 is 5.82 Å². The summed E-state index contributed by atoms with van der Waals surface area (Å²) in [5.74, 6) is 0.745. The van der Waals surface area contributed by atoms with Crippen LogP contribution in [0.1, 0.15) is 11.4 Å². The average Bonchev–Trinajstić information content (AvgIpc) is 2.51. The Bertz CT molecular complexity index is 399. The van der Waals surface area contributed by atoms with Crippen LogP contribution in [0, 0.1) is 13.8 Å². The van der Waals surface area contributed by atoms with Crippen molar-refractivity contribution in [3.63, 3.8) is 0 Å². The molecular weight excluding hydrogens is 176 g/mol. The van der Waals surface area contributed by atoms with Crippen molar-refractivity contribution < 1.29 is 0 Å². The van der Waals surface area contributed by atoms with Gasteiger partial charge in [0.25, 0.3) is 0 Å². The van der Waals surface area contributed by atoms with Crippen molar-refractivity contribution in [2.24, 2.45) is 0 Å². The smallest absolute Gasteiger partial charge is 0.163 e. The Morgan fingerprint density at radius 3 is 2.43 bits per heavy atom. The summed E-state index contributed by atoms with van der Waals surface area (Å²) >= 11 is 0. The van der Waals surface area contributed by atoms with E-state index in [4.69, 9.17) is 0 Å². The molecule has 0 aliphatic heterocycles. The Morgan fingerprint density at radius 1 is 1.14 bits per heavy atom. The van der Waals surface area contributed by atoms with Crippen LogP contribution in [0.5, 0.6) is 0 Å². The predicted octanol–water partition coefficient (Wildman–Crippen LogP) is 1.77. The van der Waals surface area contributed by atoms with Crippen molar-refractivity contribution in [2.75, 3.05) is 5.43 Å². The molecular formula is C10H12N4. The summed E-state index contributed by atoms with van der Waals surface area (Å²) in [6.45, 7) is 4.08. The fraction of sp³-hybridized carbons (Fsp3) is 0.200. The molecule has 1 N–H and O–H groups in total. The number of aryl methyl sites for hydroxylation is 2. The molecule has 0 fully saturated rings. The van der Waals surface area contributed by atoms with Gasteiger partial charge in [-0.1, -0.05) is 0 Å². The number of nitrogens with zero attached hydrogens (tertiary/aromatic N) is 3. The quantitative estimate of drug-likeness (QED) is 0.781. The molecule has 0 unspecified atom stereocenters.